The van der Waals surface area contributed by atoms with Crippen LogP contribution in [0.25, 0.3) is 0 Å². The largest absolute Gasteiger partial charge is 0.456 e. The van der Waals surface area contributed by atoms with Gasteiger partial charge in [0.2, 0.25) is 0 Å². The molecular formula is C42H70O6Si2. The van der Waals surface area contributed by atoms with E-state index in [1.165, 1.54) is 11.1 Å². The third-order valence-electron chi connectivity index (χ3n) is 11.2. The lowest BCUT2D eigenvalue weighted by Gasteiger charge is -2.40. The van der Waals surface area contributed by atoms with Crippen LogP contribution in [0.4, 0.5) is 0 Å². The molecule has 6 nitrogen and oxygen atoms in total. The second kappa shape index (κ2) is 18.3. The summed E-state index contributed by atoms with van der Waals surface area (Å²) in [7, 11) is -4.36. The SMILES string of the molecule is C=C1C[C@H](C)C[C@@H]2CC=C[C@@H](C/C=C/C(=O)O[C@H]([C@@H](/C=C/[C@@H]3CC(C)=CCO3)O[Si](C)(C)C(C)(C)C)C/C=C/[C@@H](O[Si](C)(C)C(C)(C)C)C1)O2. The van der Waals surface area contributed by atoms with Gasteiger partial charge in [-0.25, -0.2) is 4.79 Å². The quantitative estimate of drug-likeness (QED) is 0.148. The minimum atomic E-state index is -2.27. The average Bonchev–Trinajstić information content (AvgIpc) is 2.97. The number of hydrogen-bond acceptors (Lipinski definition) is 6. The predicted molar refractivity (Wildman–Crippen MR) is 213 cm³/mol. The van der Waals surface area contributed by atoms with Gasteiger partial charge in [0.15, 0.2) is 16.6 Å². The van der Waals surface area contributed by atoms with Crippen molar-refractivity contribution in [3.05, 3.63) is 72.4 Å². The summed E-state index contributed by atoms with van der Waals surface area (Å²) < 4.78 is 32.9. The maximum atomic E-state index is 13.5. The number of carbonyl (C=O) groups is 1. The molecule has 0 aromatic heterocycles. The highest BCUT2D eigenvalue weighted by molar-refractivity contribution is 6.74. The molecule has 0 aliphatic carbocycles. The Labute approximate surface area is 307 Å². The Morgan fingerprint density at radius 1 is 0.920 bits per heavy atom. The Bertz CT molecular complexity index is 1280. The van der Waals surface area contributed by atoms with E-state index < -0.39 is 28.8 Å². The van der Waals surface area contributed by atoms with Crippen molar-refractivity contribution in [1.82, 2.24) is 0 Å². The van der Waals surface area contributed by atoms with Crippen molar-refractivity contribution in [2.75, 3.05) is 6.61 Å². The fourth-order valence-corrected chi connectivity index (χ4v) is 8.64. The smallest absolute Gasteiger partial charge is 0.330 e. The van der Waals surface area contributed by atoms with E-state index in [0.717, 1.165) is 32.1 Å². The summed E-state index contributed by atoms with van der Waals surface area (Å²) in [5, 5.41) is 0.0376. The van der Waals surface area contributed by atoms with E-state index in [0.29, 0.717) is 25.4 Å². The number of fused-ring (bicyclic) bond motifs is 2. The van der Waals surface area contributed by atoms with Crippen LogP contribution in [0.5, 0.6) is 0 Å². The van der Waals surface area contributed by atoms with Gasteiger partial charge in [0.05, 0.1) is 31.0 Å². The molecule has 50 heavy (non-hydrogen) atoms. The van der Waals surface area contributed by atoms with E-state index in [1.807, 2.05) is 6.08 Å². The molecule has 0 fully saturated rings. The number of ether oxygens (including phenoxy) is 3. The molecule has 0 saturated carbocycles. The molecule has 0 saturated heterocycles. The highest BCUT2D eigenvalue weighted by atomic mass is 28.4. The number of carbonyl (C=O) groups excluding carboxylic acids is 1. The van der Waals surface area contributed by atoms with Crippen LogP contribution < -0.4 is 0 Å². The molecule has 0 radical (unpaired) electrons. The lowest BCUT2D eigenvalue weighted by molar-refractivity contribution is -0.146. The van der Waals surface area contributed by atoms with Gasteiger partial charge in [-0.15, -0.1) is 0 Å². The lowest BCUT2D eigenvalue weighted by atomic mass is 9.91. The number of hydrogen-bond donors (Lipinski definition) is 0. The number of rotatable bonds is 7. The average molecular weight is 727 g/mol. The van der Waals surface area contributed by atoms with Crippen molar-refractivity contribution in [3.63, 3.8) is 0 Å². The van der Waals surface area contributed by atoms with Crippen molar-refractivity contribution >= 4 is 22.6 Å². The van der Waals surface area contributed by atoms with E-state index in [4.69, 9.17) is 23.1 Å². The summed E-state index contributed by atoms with van der Waals surface area (Å²) >= 11 is 0. The zero-order chi connectivity index (χ0) is 37.3. The van der Waals surface area contributed by atoms with Crippen LogP contribution in [0, 0.1) is 5.92 Å². The van der Waals surface area contributed by atoms with Gasteiger partial charge >= 0.3 is 5.97 Å². The molecule has 0 aromatic rings. The van der Waals surface area contributed by atoms with Crippen LogP contribution in [0.1, 0.15) is 100 Å². The molecule has 0 aromatic carbocycles. The highest BCUT2D eigenvalue weighted by Crippen LogP contribution is 2.40. The summed E-state index contributed by atoms with van der Waals surface area (Å²) in [6, 6.07) is 0. The van der Waals surface area contributed by atoms with Gasteiger partial charge in [0, 0.05) is 12.5 Å². The van der Waals surface area contributed by atoms with E-state index in [9.17, 15) is 4.79 Å². The maximum Gasteiger partial charge on any atom is 0.330 e. The minimum Gasteiger partial charge on any atom is -0.456 e. The Morgan fingerprint density at radius 3 is 2.26 bits per heavy atom. The van der Waals surface area contributed by atoms with Crippen molar-refractivity contribution < 1.29 is 27.9 Å². The fourth-order valence-electron chi connectivity index (χ4n) is 6.10. The van der Waals surface area contributed by atoms with Gasteiger partial charge < -0.3 is 23.1 Å². The normalized spacial score (nSPS) is 30.6. The Hall–Kier alpha value is -1.82. The van der Waals surface area contributed by atoms with Crippen LogP contribution in [-0.2, 0) is 27.9 Å². The lowest BCUT2D eigenvalue weighted by Crippen LogP contribution is -2.47. The molecule has 7 atom stereocenters. The third kappa shape index (κ3) is 13.6. The van der Waals surface area contributed by atoms with E-state index >= 15 is 0 Å². The summed E-state index contributed by atoms with van der Waals surface area (Å²) in [6.45, 7) is 32.2. The Morgan fingerprint density at radius 2 is 1.60 bits per heavy atom. The first-order valence-electron chi connectivity index (χ1n) is 19.0. The Kier molecular flexibility index (Phi) is 15.6. The molecule has 8 heteroatoms. The zero-order valence-electron chi connectivity index (χ0n) is 33.6. The van der Waals surface area contributed by atoms with E-state index in [1.54, 1.807) is 6.08 Å². The third-order valence-corrected chi connectivity index (χ3v) is 20.1. The molecule has 0 unspecified atom stereocenters. The summed E-state index contributed by atoms with van der Waals surface area (Å²) in [4.78, 5) is 13.5. The molecule has 0 N–H and O–H groups in total. The van der Waals surface area contributed by atoms with Gasteiger partial charge in [-0.2, -0.15) is 0 Å². The van der Waals surface area contributed by atoms with Crippen molar-refractivity contribution in [2.45, 2.75) is 173 Å². The van der Waals surface area contributed by atoms with Crippen molar-refractivity contribution in [2.24, 2.45) is 5.92 Å². The molecule has 282 valence electrons. The van der Waals surface area contributed by atoms with Crippen LogP contribution >= 0.6 is 0 Å². The van der Waals surface area contributed by atoms with Crippen LogP contribution in [-0.4, -0.2) is 65.8 Å². The van der Waals surface area contributed by atoms with Gasteiger partial charge in [-0.1, -0.05) is 115 Å². The first-order valence-corrected chi connectivity index (χ1v) is 24.8. The molecule has 0 spiro atoms. The second-order valence-electron chi connectivity index (χ2n) is 18.0. The van der Waals surface area contributed by atoms with E-state index in [2.05, 4.69) is 131 Å². The summed E-state index contributed by atoms with van der Waals surface area (Å²) in [5.41, 5.74) is 2.51. The van der Waals surface area contributed by atoms with E-state index in [-0.39, 0.29) is 40.5 Å². The molecule has 2 bridgehead atoms. The fraction of sp³-hybridized carbons (Fsp3) is 0.690. The van der Waals surface area contributed by atoms with Gasteiger partial charge in [0.25, 0.3) is 0 Å². The van der Waals surface area contributed by atoms with Crippen LogP contribution in [0.2, 0.25) is 36.3 Å². The predicted octanol–water partition coefficient (Wildman–Crippen LogP) is 11.0. The monoisotopic (exact) mass is 726 g/mol. The first kappa shape index (κ1) is 42.6. The standard InChI is InChI=1S/C42H70O6Si2/c1-31-25-26-44-35(28-31)23-24-39(48-50(12,13)42(7,8)9)38-21-15-20-37(47-49(10,11)41(4,5)6)30-33(3)27-32(2)29-36-19-14-17-34(45-36)18-16-22-40(43)46-38/h14-17,20,22-25,32,34-39H,3,18-19,21,26-30H2,1-2,4-13H3/b20-15+,22-16+,24-23+/t32-,34-,35+,36-,37+,38-,39+/m0/s1. The van der Waals surface area contributed by atoms with Gasteiger partial charge in [0.1, 0.15) is 12.2 Å². The zero-order valence-corrected chi connectivity index (χ0v) is 35.6. The molecule has 3 rings (SSSR count). The molecule has 0 amide bonds. The molecular weight excluding hydrogens is 657 g/mol. The minimum absolute atomic E-state index is 0.0278. The van der Waals surface area contributed by atoms with Crippen molar-refractivity contribution in [3.8, 4) is 0 Å². The highest BCUT2D eigenvalue weighted by Gasteiger charge is 2.41. The maximum absolute atomic E-state index is 13.5. The summed E-state index contributed by atoms with van der Waals surface area (Å²) in [5.74, 6) is 0.0697. The van der Waals surface area contributed by atoms with Crippen LogP contribution in [0.15, 0.2) is 72.4 Å². The van der Waals surface area contributed by atoms with Gasteiger partial charge in [-0.3, -0.25) is 0 Å². The molecule has 3 aliphatic rings. The second-order valence-corrected chi connectivity index (χ2v) is 27.5. The number of esters is 1. The summed E-state index contributed by atoms with van der Waals surface area (Å²) in [6.07, 6.45) is 22.9. The Balaban J connectivity index is 2.02. The first-order chi connectivity index (χ1) is 23.1. The molecule has 3 aliphatic heterocycles. The molecule has 3 heterocycles. The van der Waals surface area contributed by atoms with Crippen LogP contribution in [0.3, 0.4) is 0 Å². The van der Waals surface area contributed by atoms with Gasteiger partial charge in [-0.05, 0) is 87.6 Å². The topological polar surface area (TPSA) is 63.2 Å². The number of cyclic esters (lactones) is 1. The van der Waals surface area contributed by atoms with Crippen molar-refractivity contribution in [1.29, 1.82) is 0 Å².